The van der Waals surface area contributed by atoms with Gasteiger partial charge in [0, 0.05) is 0 Å². The molecule has 25 heavy (non-hydrogen) atoms. The first-order valence-electron chi connectivity index (χ1n) is 7.78. The van der Waals surface area contributed by atoms with E-state index in [0.717, 1.165) is 0 Å². The van der Waals surface area contributed by atoms with Gasteiger partial charge < -0.3 is 0 Å². The summed E-state index contributed by atoms with van der Waals surface area (Å²) in [6.07, 6.45) is 7.73. The molecular weight excluding hydrogens is 382 g/mol. The van der Waals surface area contributed by atoms with Crippen LogP contribution in [0.15, 0.2) is 36.5 Å². The molecule has 4 nitrogen and oxygen atoms in total. The Morgan fingerprint density at radius 1 is 1.48 bits per heavy atom. The number of amides is 1. The number of hydrogen-bond donors (Lipinski definition) is 1. The minimum absolute atomic E-state index is 0.294. The van der Waals surface area contributed by atoms with Crippen molar-refractivity contribution >= 4 is 30.5 Å². The number of benzene rings is 1. The Morgan fingerprint density at radius 3 is 2.88 bits per heavy atom. The molecule has 2 atom stereocenters. The fraction of sp³-hybridized carbons (Fsp3) is 0.263. The molecule has 0 aliphatic carbocycles. The van der Waals surface area contributed by atoms with Gasteiger partial charge in [0.2, 0.25) is 0 Å². The van der Waals surface area contributed by atoms with Gasteiger partial charge in [0.15, 0.2) is 0 Å². The fourth-order valence-electron chi connectivity index (χ4n) is 2.09. The van der Waals surface area contributed by atoms with Crippen LogP contribution in [0.25, 0.3) is 0 Å². The number of terminal acetylenes is 1. The van der Waals surface area contributed by atoms with Crippen LogP contribution in [-0.2, 0) is 0 Å². The van der Waals surface area contributed by atoms with Crippen LogP contribution in [0.3, 0.4) is 0 Å². The van der Waals surface area contributed by atoms with E-state index in [9.17, 15) is 9.18 Å². The number of hydrogen-bond acceptors (Lipinski definition) is 3. The maximum atomic E-state index is 14.1. The van der Waals surface area contributed by atoms with E-state index in [1.807, 2.05) is 6.92 Å². The third-order valence-corrected chi connectivity index (χ3v) is 6.60. The minimum atomic E-state index is -1.16. The monoisotopic (exact) mass is 402 g/mol. The first-order chi connectivity index (χ1) is 11.9. The van der Waals surface area contributed by atoms with Crippen LogP contribution in [0, 0.1) is 18.2 Å². The van der Waals surface area contributed by atoms with Gasteiger partial charge in [0.05, 0.1) is 0 Å². The van der Waals surface area contributed by atoms with E-state index in [1.54, 1.807) is 37.4 Å². The summed E-state index contributed by atoms with van der Waals surface area (Å²) in [6, 6.07) is 7.96. The van der Waals surface area contributed by atoms with E-state index in [1.165, 1.54) is 13.2 Å². The second-order valence-corrected chi connectivity index (χ2v) is 8.30. The van der Waals surface area contributed by atoms with Gasteiger partial charge in [0.1, 0.15) is 0 Å². The molecule has 0 bridgehead atoms. The third-order valence-electron chi connectivity index (χ3n) is 3.89. The Bertz CT molecular complexity index is 819. The number of ether oxygens (including phenoxy) is 1. The molecule has 2 unspecified atom stereocenters. The van der Waals surface area contributed by atoms with Crippen molar-refractivity contribution in [2.75, 3.05) is 7.11 Å². The molecule has 6 heteroatoms. The van der Waals surface area contributed by atoms with Crippen molar-refractivity contribution in [1.82, 2.24) is 10.3 Å². The standard InChI is InChI=1S/C19H20AsFN2O2/c1-5-19(3,6-2)23-18(24)14-8-7-11-22-17(14)20-15-12-13(25-4)9-10-16(15)21/h1,7-12,20H,6H2,2-4H3,(H,23,24). The van der Waals surface area contributed by atoms with Crippen molar-refractivity contribution in [3.63, 3.8) is 0 Å². The maximum absolute atomic E-state index is 14.1. The van der Waals surface area contributed by atoms with E-state index in [-0.39, 0.29) is 11.7 Å². The molecule has 130 valence electrons. The van der Waals surface area contributed by atoms with E-state index >= 15 is 0 Å². The Balaban J connectivity index is 2.33. The van der Waals surface area contributed by atoms with Gasteiger partial charge in [-0.15, -0.1) is 0 Å². The Morgan fingerprint density at radius 2 is 2.24 bits per heavy atom. The molecule has 0 aliphatic rings. The number of pyridine rings is 1. The van der Waals surface area contributed by atoms with Gasteiger partial charge in [-0.3, -0.25) is 0 Å². The summed E-state index contributed by atoms with van der Waals surface area (Å²) in [6.45, 7) is 3.70. The zero-order valence-electron chi connectivity index (χ0n) is 14.4. The molecule has 0 saturated carbocycles. The number of carbonyl (C=O) groups excluding carboxylic acids is 1. The summed E-state index contributed by atoms with van der Waals surface area (Å²) in [7, 11) is 1.53. The number of halogens is 1. The normalized spacial score (nSPS) is 13.2. The molecule has 0 fully saturated rings. The Hall–Kier alpha value is -2.31. The molecule has 0 spiro atoms. The van der Waals surface area contributed by atoms with E-state index in [2.05, 4.69) is 16.2 Å². The number of nitrogens with one attached hydrogen (secondary N) is 1. The summed E-state index contributed by atoms with van der Waals surface area (Å²) in [5.74, 6) is 2.57. The number of nitrogens with zero attached hydrogens (tertiary/aromatic N) is 1. The number of aromatic nitrogens is 1. The second-order valence-electron chi connectivity index (χ2n) is 5.65. The van der Waals surface area contributed by atoms with Crippen molar-refractivity contribution in [2.45, 2.75) is 25.8 Å². The average Bonchev–Trinajstić information content (AvgIpc) is 2.63. The number of methoxy groups -OCH3 is 1. The molecule has 2 aromatic rings. The fourth-order valence-corrected chi connectivity index (χ4v) is 4.49. The van der Waals surface area contributed by atoms with Crippen molar-refractivity contribution in [3.05, 3.63) is 47.9 Å². The SMILES string of the molecule is C#CC(C)(CC)NC(=O)c1cccnc1[AsH]c1cc(OC)ccc1F. The molecule has 1 heterocycles. The second kappa shape index (κ2) is 8.18. The Kier molecular flexibility index (Phi) is 6.22. The van der Waals surface area contributed by atoms with E-state index in [4.69, 9.17) is 11.2 Å². The van der Waals surface area contributed by atoms with Crippen molar-refractivity contribution < 1.29 is 13.9 Å². The van der Waals surface area contributed by atoms with Gasteiger partial charge in [0.25, 0.3) is 0 Å². The van der Waals surface area contributed by atoms with Gasteiger partial charge in [-0.05, 0) is 0 Å². The van der Waals surface area contributed by atoms with Gasteiger partial charge in [-0.2, -0.15) is 0 Å². The van der Waals surface area contributed by atoms with Crippen LogP contribution in [0.1, 0.15) is 30.6 Å². The topological polar surface area (TPSA) is 51.2 Å². The average molecular weight is 402 g/mol. The summed E-state index contributed by atoms with van der Waals surface area (Å²) in [4.78, 5) is 17.0. The number of rotatable bonds is 6. The zero-order valence-corrected chi connectivity index (χ0v) is 16.5. The predicted octanol–water partition coefficient (Wildman–Crippen LogP) is 1.15. The molecular formula is C19H20AsFN2O2. The van der Waals surface area contributed by atoms with Gasteiger partial charge >= 0.3 is 154 Å². The molecule has 1 aromatic heterocycles. The van der Waals surface area contributed by atoms with Crippen LogP contribution >= 0.6 is 0 Å². The first kappa shape index (κ1) is 19.0. The zero-order chi connectivity index (χ0) is 18.4. The van der Waals surface area contributed by atoms with Crippen LogP contribution in [-0.4, -0.2) is 39.3 Å². The summed E-state index contributed by atoms with van der Waals surface area (Å²) in [5.41, 5.74) is -0.301. The quantitative estimate of drug-likeness (QED) is 0.583. The molecule has 2 rings (SSSR count). The molecule has 0 aliphatic heterocycles. The van der Waals surface area contributed by atoms with E-state index in [0.29, 0.717) is 26.6 Å². The molecule has 1 N–H and O–H groups in total. The predicted molar refractivity (Wildman–Crippen MR) is 98.6 cm³/mol. The van der Waals surface area contributed by atoms with Crippen LogP contribution in [0.5, 0.6) is 5.75 Å². The van der Waals surface area contributed by atoms with Crippen molar-refractivity contribution in [3.8, 4) is 18.1 Å². The molecule has 0 radical (unpaired) electrons. The number of carbonyl (C=O) groups is 1. The van der Waals surface area contributed by atoms with Crippen LogP contribution in [0.4, 0.5) is 4.39 Å². The molecule has 1 aromatic carbocycles. The van der Waals surface area contributed by atoms with Crippen molar-refractivity contribution in [2.24, 2.45) is 0 Å². The van der Waals surface area contributed by atoms with E-state index < -0.39 is 21.3 Å². The molecule has 1 amide bonds. The van der Waals surface area contributed by atoms with Gasteiger partial charge in [-0.25, -0.2) is 0 Å². The summed E-state index contributed by atoms with van der Waals surface area (Å²) in [5, 5.41) is 2.86. The first-order valence-corrected chi connectivity index (χ1v) is 9.88. The van der Waals surface area contributed by atoms with Gasteiger partial charge in [-0.1, -0.05) is 0 Å². The van der Waals surface area contributed by atoms with Crippen molar-refractivity contribution in [1.29, 1.82) is 0 Å². The summed E-state index contributed by atoms with van der Waals surface area (Å²) >= 11 is -1.16. The van der Waals surface area contributed by atoms with Crippen LogP contribution < -0.4 is 18.9 Å². The summed E-state index contributed by atoms with van der Waals surface area (Å²) < 4.78 is 20.4. The molecule has 0 saturated heterocycles. The van der Waals surface area contributed by atoms with Crippen LogP contribution in [0.2, 0.25) is 0 Å². The Labute approximate surface area is 153 Å². The third kappa shape index (κ3) is 4.61.